The first-order valence-electron chi connectivity index (χ1n) is 6.04. The minimum atomic E-state index is 0.422. The van der Waals surface area contributed by atoms with Crippen LogP contribution < -0.4 is 0 Å². The molecular weight excluding hydrogens is 311 g/mol. The Hall–Kier alpha value is 0.01000. The molecule has 2 heteroatoms. The van der Waals surface area contributed by atoms with Crippen LogP contribution in [0.3, 0.4) is 0 Å². The first-order chi connectivity index (χ1) is 7.40. The Morgan fingerprint density at radius 3 is 2.25 bits per heavy atom. The second-order valence-corrected chi connectivity index (χ2v) is 5.44. The van der Waals surface area contributed by atoms with Gasteiger partial charge in [0.15, 0.2) is 23.0 Å². The summed E-state index contributed by atoms with van der Waals surface area (Å²) in [6, 6.07) is 0. The third-order valence-corrected chi connectivity index (χ3v) is 4.08. The number of rotatable bonds is 7. The summed E-state index contributed by atoms with van der Waals surface area (Å²) < 4.78 is 5.16. The smallest absolute Gasteiger partial charge is 0.192 e. The van der Waals surface area contributed by atoms with Crippen molar-refractivity contribution in [1.29, 1.82) is 0 Å². The topological polar surface area (TPSA) is 9.23 Å². The van der Waals surface area contributed by atoms with Crippen LogP contribution in [0.1, 0.15) is 60.3 Å². The molecule has 0 saturated heterocycles. The van der Waals surface area contributed by atoms with Gasteiger partial charge >= 0.3 is 0 Å². The Labute approximate surface area is 115 Å². The van der Waals surface area contributed by atoms with Crippen LogP contribution >= 0.6 is 23.0 Å². The molecule has 0 saturated carbocycles. The number of hydrogen-bond acceptors (Lipinski definition) is 1. The van der Waals surface area contributed by atoms with E-state index in [-0.39, 0.29) is 0 Å². The average molecular weight is 336 g/mol. The molecule has 0 bridgehead atoms. The van der Waals surface area contributed by atoms with E-state index in [0.29, 0.717) is 5.41 Å². The van der Waals surface area contributed by atoms with Crippen molar-refractivity contribution < 1.29 is 3.07 Å². The highest BCUT2D eigenvalue weighted by Gasteiger charge is 2.22. The predicted molar refractivity (Wildman–Crippen MR) is 80.5 cm³/mol. The van der Waals surface area contributed by atoms with Gasteiger partial charge in [0.05, 0.1) is 0 Å². The zero-order chi connectivity index (χ0) is 12.8. The Morgan fingerprint density at radius 2 is 1.88 bits per heavy atom. The van der Waals surface area contributed by atoms with E-state index < -0.39 is 0 Å². The minimum absolute atomic E-state index is 0.422. The Balaban J connectivity index is 4.75. The van der Waals surface area contributed by atoms with Gasteiger partial charge in [-0.15, -0.1) is 0 Å². The first-order valence-corrected chi connectivity index (χ1v) is 6.92. The van der Waals surface area contributed by atoms with Gasteiger partial charge in [-0.25, -0.2) is 0 Å². The largest absolute Gasteiger partial charge is 0.428 e. The zero-order valence-electron chi connectivity index (χ0n) is 11.3. The standard InChI is InChI=1S/C14H25IO/c1-7-9-14(6,8-2)10-11(3)12(4)13(5)16-15/h5,7-10H2,1-4,6H3/b12-11+. The Bertz CT molecular complexity index is 268. The van der Waals surface area contributed by atoms with Crippen molar-refractivity contribution in [3.05, 3.63) is 23.5 Å². The first kappa shape index (κ1) is 16.0. The van der Waals surface area contributed by atoms with Gasteiger partial charge in [0.1, 0.15) is 5.76 Å². The van der Waals surface area contributed by atoms with Crippen molar-refractivity contribution in [3.63, 3.8) is 0 Å². The molecule has 1 nitrogen and oxygen atoms in total. The predicted octanol–water partition coefficient (Wildman–Crippen LogP) is 5.81. The molecule has 0 aliphatic rings. The molecule has 0 radical (unpaired) electrons. The summed E-state index contributed by atoms with van der Waals surface area (Å²) in [4.78, 5) is 0. The quantitative estimate of drug-likeness (QED) is 0.324. The summed E-state index contributed by atoms with van der Waals surface area (Å²) in [5, 5.41) is 0. The van der Waals surface area contributed by atoms with E-state index in [1.165, 1.54) is 30.4 Å². The van der Waals surface area contributed by atoms with Gasteiger partial charge in [-0.1, -0.05) is 45.8 Å². The van der Waals surface area contributed by atoms with E-state index in [4.69, 9.17) is 3.07 Å². The Morgan fingerprint density at radius 1 is 1.31 bits per heavy atom. The monoisotopic (exact) mass is 336 g/mol. The van der Waals surface area contributed by atoms with E-state index in [0.717, 1.165) is 12.2 Å². The van der Waals surface area contributed by atoms with Crippen molar-refractivity contribution in [2.24, 2.45) is 5.41 Å². The molecule has 0 aromatic heterocycles. The van der Waals surface area contributed by atoms with Crippen LogP contribution in [0.15, 0.2) is 23.5 Å². The summed E-state index contributed by atoms with van der Waals surface area (Å²) in [6.07, 6.45) is 4.90. The van der Waals surface area contributed by atoms with E-state index in [1.54, 1.807) is 0 Å². The lowest BCUT2D eigenvalue weighted by molar-refractivity contribution is 0.278. The van der Waals surface area contributed by atoms with Crippen LogP contribution in [-0.2, 0) is 3.07 Å². The maximum absolute atomic E-state index is 5.16. The molecule has 0 aliphatic heterocycles. The summed E-state index contributed by atoms with van der Waals surface area (Å²) in [5.41, 5.74) is 3.02. The molecule has 0 aromatic carbocycles. The molecule has 0 aromatic rings. The average Bonchev–Trinajstić information content (AvgIpc) is 2.27. The van der Waals surface area contributed by atoms with Crippen molar-refractivity contribution in [2.45, 2.75) is 60.3 Å². The number of halogens is 1. The van der Waals surface area contributed by atoms with Crippen LogP contribution in [0.4, 0.5) is 0 Å². The highest BCUT2D eigenvalue weighted by atomic mass is 127. The van der Waals surface area contributed by atoms with Crippen LogP contribution in [0, 0.1) is 5.41 Å². The third-order valence-electron chi connectivity index (χ3n) is 3.55. The summed E-state index contributed by atoms with van der Waals surface area (Å²) in [6.45, 7) is 15.1. The van der Waals surface area contributed by atoms with E-state index in [9.17, 15) is 0 Å². The molecule has 1 unspecified atom stereocenters. The van der Waals surface area contributed by atoms with Gasteiger partial charge in [0, 0.05) is 0 Å². The lowest BCUT2D eigenvalue weighted by Gasteiger charge is -2.29. The molecule has 0 spiro atoms. The minimum Gasteiger partial charge on any atom is -0.428 e. The van der Waals surface area contributed by atoms with Crippen molar-refractivity contribution in [1.82, 2.24) is 0 Å². The molecular formula is C14H25IO. The SMILES string of the molecule is C=C(OI)/C(C)=C(\C)CC(C)(CC)CCC. The van der Waals surface area contributed by atoms with Gasteiger partial charge in [0.25, 0.3) is 0 Å². The van der Waals surface area contributed by atoms with Crippen molar-refractivity contribution >= 4 is 23.0 Å². The van der Waals surface area contributed by atoms with E-state index >= 15 is 0 Å². The van der Waals surface area contributed by atoms with E-state index in [1.807, 2.05) is 23.0 Å². The van der Waals surface area contributed by atoms with Gasteiger partial charge in [0.2, 0.25) is 0 Å². The van der Waals surface area contributed by atoms with Crippen molar-refractivity contribution in [2.75, 3.05) is 0 Å². The lowest BCUT2D eigenvalue weighted by Crippen LogP contribution is -2.15. The second-order valence-electron chi connectivity index (χ2n) is 5.00. The maximum atomic E-state index is 5.16. The van der Waals surface area contributed by atoms with Gasteiger partial charge in [-0.3, -0.25) is 0 Å². The molecule has 16 heavy (non-hydrogen) atoms. The molecule has 0 rings (SSSR count). The molecule has 1 atom stereocenters. The normalized spacial score (nSPS) is 16.4. The van der Waals surface area contributed by atoms with Gasteiger partial charge in [-0.05, 0) is 37.7 Å². The Kier molecular flexibility index (Phi) is 7.36. The third kappa shape index (κ3) is 4.89. The summed E-state index contributed by atoms with van der Waals surface area (Å²) in [5.74, 6) is 0.785. The highest BCUT2D eigenvalue weighted by Crippen LogP contribution is 2.36. The second kappa shape index (κ2) is 7.36. The zero-order valence-corrected chi connectivity index (χ0v) is 13.5. The van der Waals surface area contributed by atoms with Crippen LogP contribution in [0.25, 0.3) is 0 Å². The van der Waals surface area contributed by atoms with Gasteiger partial charge < -0.3 is 3.07 Å². The maximum Gasteiger partial charge on any atom is 0.192 e. The molecule has 0 aliphatic carbocycles. The van der Waals surface area contributed by atoms with Crippen LogP contribution in [-0.4, -0.2) is 0 Å². The van der Waals surface area contributed by atoms with Crippen LogP contribution in [0.2, 0.25) is 0 Å². The van der Waals surface area contributed by atoms with Crippen molar-refractivity contribution in [3.8, 4) is 0 Å². The fraction of sp³-hybridized carbons (Fsp3) is 0.714. The molecule has 0 N–H and O–H groups in total. The summed E-state index contributed by atoms with van der Waals surface area (Å²) >= 11 is 1.89. The number of hydrogen-bond donors (Lipinski definition) is 0. The summed E-state index contributed by atoms with van der Waals surface area (Å²) in [7, 11) is 0. The fourth-order valence-corrected chi connectivity index (χ4v) is 2.39. The molecule has 0 fully saturated rings. The lowest BCUT2D eigenvalue weighted by atomic mass is 9.77. The highest BCUT2D eigenvalue weighted by molar-refractivity contribution is 14.1. The van der Waals surface area contributed by atoms with Gasteiger partial charge in [-0.2, -0.15) is 0 Å². The van der Waals surface area contributed by atoms with Crippen LogP contribution in [0.5, 0.6) is 0 Å². The molecule has 94 valence electrons. The molecule has 0 heterocycles. The molecule has 0 amide bonds. The fourth-order valence-electron chi connectivity index (χ4n) is 2.06. The van der Waals surface area contributed by atoms with E-state index in [2.05, 4.69) is 41.2 Å². The number of allylic oxidation sites excluding steroid dienone is 2.